The van der Waals surface area contributed by atoms with Crippen LogP contribution in [0, 0.1) is 0 Å². The first kappa shape index (κ1) is 15.3. The Morgan fingerprint density at radius 2 is 2.28 bits per heavy atom. The second-order valence-corrected chi connectivity index (χ2v) is 5.90. The van der Waals surface area contributed by atoms with Crippen molar-refractivity contribution in [2.45, 2.75) is 24.3 Å². The highest BCUT2D eigenvalue weighted by Gasteiger charge is 2.25. The SMILES string of the molecule is CC(=O)NC(CSC1C=CC=C(Br)C1O)C(=O)O. The Labute approximate surface area is 117 Å². The fraction of sp³-hybridized carbons (Fsp3) is 0.455. The van der Waals surface area contributed by atoms with Gasteiger partial charge in [-0.05, 0) is 6.08 Å². The molecule has 3 unspecified atom stereocenters. The first-order chi connectivity index (χ1) is 8.41. The molecule has 1 aliphatic rings. The van der Waals surface area contributed by atoms with E-state index in [-0.39, 0.29) is 16.9 Å². The molecular formula is C11H14BrNO4S. The lowest BCUT2D eigenvalue weighted by atomic mass is 10.1. The molecule has 0 fully saturated rings. The number of nitrogens with one attached hydrogen (secondary N) is 1. The van der Waals surface area contributed by atoms with Crippen LogP contribution in [0.4, 0.5) is 0 Å². The second kappa shape index (κ2) is 6.96. The molecule has 0 radical (unpaired) electrons. The van der Waals surface area contributed by atoms with E-state index in [2.05, 4.69) is 21.2 Å². The van der Waals surface area contributed by atoms with Gasteiger partial charge in [-0.15, -0.1) is 11.8 Å². The van der Waals surface area contributed by atoms with E-state index in [0.29, 0.717) is 4.48 Å². The minimum Gasteiger partial charge on any atom is -0.480 e. The van der Waals surface area contributed by atoms with E-state index in [1.165, 1.54) is 18.7 Å². The van der Waals surface area contributed by atoms with E-state index < -0.39 is 18.1 Å². The average molecular weight is 336 g/mol. The van der Waals surface area contributed by atoms with Gasteiger partial charge in [0, 0.05) is 17.2 Å². The maximum atomic E-state index is 10.9. The van der Waals surface area contributed by atoms with Crippen LogP contribution >= 0.6 is 27.7 Å². The molecule has 3 atom stereocenters. The number of aliphatic hydroxyl groups excluding tert-OH is 1. The molecule has 0 aliphatic heterocycles. The molecule has 1 aliphatic carbocycles. The summed E-state index contributed by atoms with van der Waals surface area (Å²) >= 11 is 4.52. The van der Waals surface area contributed by atoms with Crippen molar-refractivity contribution in [3.8, 4) is 0 Å². The van der Waals surface area contributed by atoms with Gasteiger partial charge in [-0.25, -0.2) is 4.79 Å². The van der Waals surface area contributed by atoms with Gasteiger partial charge >= 0.3 is 5.97 Å². The lowest BCUT2D eigenvalue weighted by Crippen LogP contribution is -2.42. The molecule has 5 nitrogen and oxygen atoms in total. The van der Waals surface area contributed by atoms with E-state index in [1.807, 2.05) is 0 Å². The molecule has 1 rings (SSSR count). The van der Waals surface area contributed by atoms with E-state index in [1.54, 1.807) is 18.2 Å². The standard InChI is InChI=1S/C11H14BrNO4S/c1-6(14)13-8(11(16)17)5-18-9-4-2-3-7(12)10(9)15/h2-4,8-10,15H,5H2,1H3,(H,13,14)(H,16,17). The van der Waals surface area contributed by atoms with Gasteiger partial charge in [0.2, 0.25) is 5.91 Å². The Morgan fingerprint density at radius 1 is 1.61 bits per heavy atom. The molecule has 100 valence electrons. The number of carboxylic acids is 1. The average Bonchev–Trinajstić information content (AvgIpc) is 2.28. The fourth-order valence-corrected chi connectivity index (χ4v) is 3.18. The Balaban J connectivity index is 2.53. The van der Waals surface area contributed by atoms with Crippen molar-refractivity contribution in [1.82, 2.24) is 5.32 Å². The number of carbonyl (C=O) groups excluding carboxylic acids is 1. The van der Waals surface area contributed by atoms with E-state index in [4.69, 9.17) is 5.11 Å². The molecule has 0 saturated carbocycles. The zero-order valence-corrected chi connectivity index (χ0v) is 12.1. The lowest BCUT2D eigenvalue weighted by molar-refractivity contribution is -0.140. The quantitative estimate of drug-likeness (QED) is 0.694. The van der Waals surface area contributed by atoms with Crippen LogP contribution in [0.3, 0.4) is 0 Å². The van der Waals surface area contributed by atoms with Crippen molar-refractivity contribution >= 4 is 39.6 Å². The van der Waals surface area contributed by atoms with Gasteiger partial charge in [0.25, 0.3) is 0 Å². The third-order valence-electron chi connectivity index (χ3n) is 2.28. The first-order valence-electron chi connectivity index (χ1n) is 5.25. The number of hydrogen-bond acceptors (Lipinski definition) is 4. The molecule has 0 heterocycles. The summed E-state index contributed by atoms with van der Waals surface area (Å²) in [6.45, 7) is 1.27. The summed E-state index contributed by atoms with van der Waals surface area (Å²) < 4.78 is 0.661. The summed E-state index contributed by atoms with van der Waals surface area (Å²) in [6, 6.07) is -0.946. The highest BCUT2D eigenvalue weighted by atomic mass is 79.9. The Hall–Kier alpha value is -0.790. The zero-order chi connectivity index (χ0) is 13.7. The van der Waals surface area contributed by atoms with Crippen molar-refractivity contribution in [3.63, 3.8) is 0 Å². The maximum absolute atomic E-state index is 10.9. The molecule has 7 heteroatoms. The number of amides is 1. The van der Waals surface area contributed by atoms with Gasteiger partial charge in [-0.2, -0.15) is 0 Å². The molecule has 1 amide bonds. The Bertz CT molecular complexity index is 395. The monoisotopic (exact) mass is 335 g/mol. The Kier molecular flexibility index (Phi) is 5.90. The summed E-state index contributed by atoms with van der Waals surface area (Å²) in [4.78, 5) is 21.8. The fourth-order valence-electron chi connectivity index (χ4n) is 1.39. The lowest BCUT2D eigenvalue weighted by Gasteiger charge is -2.23. The minimum atomic E-state index is -1.08. The van der Waals surface area contributed by atoms with Crippen molar-refractivity contribution in [2.24, 2.45) is 0 Å². The number of halogens is 1. The second-order valence-electron chi connectivity index (χ2n) is 3.77. The largest absolute Gasteiger partial charge is 0.480 e. The van der Waals surface area contributed by atoms with Crippen LogP contribution in [0.25, 0.3) is 0 Å². The van der Waals surface area contributed by atoms with Gasteiger partial charge in [-0.3, -0.25) is 4.79 Å². The highest BCUT2D eigenvalue weighted by molar-refractivity contribution is 9.11. The number of hydrogen-bond donors (Lipinski definition) is 3. The molecule has 3 N–H and O–H groups in total. The van der Waals surface area contributed by atoms with Crippen molar-refractivity contribution in [3.05, 3.63) is 22.7 Å². The van der Waals surface area contributed by atoms with Crippen LogP contribution in [-0.2, 0) is 9.59 Å². The summed E-state index contributed by atoms with van der Waals surface area (Å²) in [6.07, 6.45) is 4.64. The molecule has 0 aromatic rings. The topological polar surface area (TPSA) is 86.6 Å². The van der Waals surface area contributed by atoms with Gasteiger partial charge in [0.1, 0.15) is 12.1 Å². The molecule has 0 aromatic carbocycles. The molecule has 18 heavy (non-hydrogen) atoms. The smallest absolute Gasteiger partial charge is 0.327 e. The molecule has 0 spiro atoms. The van der Waals surface area contributed by atoms with E-state index in [9.17, 15) is 14.7 Å². The van der Waals surface area contributed by atoms with E-state index in [0.717, 1.165) is 0 Å². The Morgan fingerprint density at radius 3 is 2.83 bits per heavy atom. The maximum Gasteiger partial charge on any atom is 0.327 e. The van der Waals surface area contributed by atoms with Gasteiger partial charge in [-0.1, -0.05) is 28.1 Å². The number of aliphatic hydroxyl groups is 1. The molecular weight excluding hydrogens is 322 g/mol. The molecule has 0 saturated heterocycles. The van der Waals surface area contributed by atoms with Crippen LogP contribution in [0.15, 0.2) is 22.7 Å². The van der Waals surface area contributed by atoms with E-state index >= 15 is 0 Å². The van der Waals surface area contributed by atoms with Crippen LogP contribution in [-0.4, -0.2) is 45.2 Å². The molecule has 0 aromatic heterocycles. The molecule has 0 bridgehead atoms. The van der Waals surface area contributed by atoms with Crippen LogP contribution in [0.2, 0.25) is 0 Å². The number of carbonyl (C=O) groups is 2. The number of carboxylic acid groups (broad SMARTS) is 1. The van der Waals surface area contributed by atoms with Crippen molar-refractivity contribution < 1.29 is 19.8 Å². The zero-order valence-electron chi connectivity index (χ0n) is 9.67. The third kappa shape index (κ3) is 4.47. The third-order valence-corrected chi connectivity index (χ3v) is 4.34. The van der Waals surface area contributed by atoms with Gasteiger partial charge < -0.3 is 15.5 Å². The summed E-state index contributed by atoms with van der Waals surface area (Å²) in [7, 11) is 0. The predicted octanol–water partition coefficient (Wildman–Crippen LogP) is 0.887. The number of allylic oxidation sites excluding steroid dienone is 2. The minimum absolute atomic E-state index is 0.196. The number of rotatable bonds is 5. The van der Waals surface area contributed by atoms with Crippen LogP contribution < -0.4 is 5.32 Å². The van der Waals surface area contributed by atoms with Crippen molar-refractivity contribution in [2.75, 3.05) is 5.75 Å². The predicted molar refractivity (Wildman–Crippen MR) is 73.6 cm³/mol. The normalized spacial score (nSPS) is 24.3. The first-order valence-corrected chi connectivity index (χ1v) is 7.09. The summed E-state index contributed by atoms with van der Waals surface area (Å²) in [5.74, 6) is -1.27. The highest BCUT2D eigenvalue weighted by Crippen LogP contribution is 2.28. The number of aliphatic carboxylic acids is 1. The van der Waals surface area contributed by atoms with Crippen molar-refractivity contribution in [1.29, 1.82) is 0 Å². The summed E-state index contributed by atoms with van der Waals surface area (Å²) in [5.41, 5.74) is 0. The number of thioether (sulfide) groups is 1. The summed E-state index contributed by atoms with van der Waals surface area (Å²) in [5, 5.41) is 20.9. The van der Waals surface area contributed by atoms with Crippen LogP contribution in [0.5, 0.6) is 0 Å². The van der Waals surface area contributed by atoms with Crippen LogP contribution in [0.1, 0.15) is 6.92 Å². The van der Waals surface area contributed by atoms with Gasteiger partial charge in [0.15, 0.2) is 0 Å². The van der Waals surface area contributed by atoms with Gasteiger partial charge in [0.05, 0.1) is 5.25 Å².